The Labute approximate surface area is 98.5 Å². The molecule has 0 aromatic carbocycles. The standard InChI is InChI=1S/C12H13NO4/c1-6-3-9-7(10(14)4-6)5-8(11(15)13-9)12(16)17-2/h5-6,8H,3-4H2,1-2H3. The van der Waals surface area contributed by atoms with Crippen LogP contribution in [0.4, 0.5) is 0 Å². The maximum Gasteiger partial charge on any atom is 0.322 e. The summed E-state index contributed by atoms with van der Waals surface area (Å²) in [6.07, 6.45) is 2.44. The van der Waals surface area contributed by atoms with Gasteiger partial charge >= 0.3 is 5.97 Å². The second kappa shape index (κ2) is 4.24. The third-order valence-corrected chi connectivity index (χ3v) is 2.99. The van der Waals surface area contributed by atoms with Crippen molar-refractivity contribution in [3.8, 4) is 0 Å². The number of hydrogen-bond acceptors (Lipinski definition) is 4. The molecule has 1 saturated carbocycles. The quantitative estimate of drug-likeness (QED) is 0.495. The Morgan fingerprint density at radius 3 is 2.76 bits per heavy atom. The van der Waals surface area contributed by atoms with Crippen LogP contribution in [0, 0.1) is 11.8 Å². The molecule has 1 aliphatic heterocycles. The fraction of sp³-hybridized carbons (Fsp3) is 0.500. The SMILES string of the molecule is COC(=O)C1C=C2C(=O)CC(C)CC2=NC1=O. The van der Waals surface area contributed by atoms with E-state index in [2.05, 4.69) is 9.73 Å². The molecule has 2 aliphatic rings. The van der Waals surface area contributed by atoms with Crippen molar-refractivity contribution in [3.63, 3.8) is 0 Å². The van der Waals surface area contributed by atoms with Crippen molar-refractivity contribution in [1.82, 2.24) is 0 Å². The molecule has 0 bridgehead atoms. The highest BCUT2D eigenvalue weighted by Crippen LogP contribution is 2.28. The molecule has 0 aromatic heterocycles. The van der Waals surface area contributed by atoms with E-state index in [-0.39, 0.29) is 11.7 Å². The summed E-state index contributed by atoms with van der Waals surface area (Å²) in [5.74, 6) is -2.13. The van der Waals surface area contributed by atoms with Gasteiger partial charge in [0.25, 0.3) is 5.91 Å². The number of hydrogen-bond donors (Lipinski definition) is 0. The lowest BCUT2D eigenvalue weighted by atomic mass is 9.81. The summed E-state index contributed by atoms with van der Waals surface area (Å²) in [6, 6.07) is 0. The minimum absolute atomic E-state index is 0.0519. The summed E-state index contributed by atoms with van der Waals surface area (Å²) < 4.78 is 4.51. The molecule has 1 amide bonds. The van der Waals surface area contributed by atoms with Crippen LogP contribution in [0.25, 0.3) is 0 Å². The molecule has 90 valence electrons. The molecule has 5 nitrogen and oxygen atoms in total. The van der Waals surface area contributed by atoms with Gasteiger partial charge in [-0.15, -0.1) is 0 Å². The maximum atomic E-state index is 11.8. The summed E-state index contributed by atoms with van der Waals surface area (Å²) in [6.45, 7) is 1.94. The van der Waals surface area contributed by atoms with Gasteiger partial charge in [-0.25, -0.2) is 4.99 Å². The van der Waals surface area contributed by atoms with E-state index in [1.807, 2.05) is 6.92 Å². The zero-order chi connectivity index (χ0) is 12.6. The number of fused-ring (bicyclic) bond motifs is 1. The van der Waals surface area contributed by atoms with Crippen LogP contribution in [0.3, 0.4) is 0 Å². The van der Waals surface area contributed by atoms with Crippen molar-refractivity contribution in [2.75, 3.05) is 7.11 Å². The van der Waals surface area contributed by atoms with Crippen LogP contribution in [0.5, 0.6) is 0 Å². The Morgan fingerprint density at radius 2 is 2.12 bits per heavy atom. The van der Waals surface area contributed by atoms with E-state index in [0.717, 1.165) is 0 Å². The molecule has 2 rings (SSSR count). The van der Waals surface area contributed by atoms with E-state index in [9.17, 15) is 14.4 Å². The maximum absolute atomic E-state index is 11.8. The van der Waals surface area contributed by atoms with E-state index < -0.39 is 17.8 Å². The van der Waals surface area contributed by atoms with Gasteiger partial charge in [0.1, 0.15) is 0 Å². The molecule has 17 heavy (non-hydrogen) atoms. The summed E-state index contributed by atoms with van der Waals surface area (Å²) in [7, 11) is 1.21. The number of Topliss-reactive ketones (excluding diaryl/α,β-unsaturated/α-hetero) is 1. The van der Waals surface area contributed by atoms with Crippen LogP contribution >= 0.6 is 0 Å². The highest BCUT2D eigenvalue weighted by molar-refractivity contribution is 6.28. The Morgan fingerprint density at radius 1 is 1.41 bits per heavy atom. The average Bonchev–Trinajstić information content (AvgIpc) is 2.27. The van der Waals surface area contributed by atoms with E-state index in [1.165, 1.54) is 13.2 Å². The van der Waals surface area contributed by atoms with E-state index in [1.54, 1.807) is 0 Å². The highest BCUT2D eigenvalue weighted by Gasteiger charge is 2.36. The van der Waals surface area contributed by atoms with Crippen molar-refractivity contribution in [2.45, 2.75) is 19.8 Å². The van der Waals surface area contributed by atoms with Gasteiger partial charge in [0, 0.05) is 12.0 Å². The van der Waals surface area contributed by atoms with Crippen LogP contribution in [0.15, 0.2) is 16.6 Å². The molecule has 2 atom stereocenters. The first kappa shape index (κ1) is 11.7. The fourth-order valence-corrected chi connectivity index (χ4v) is 2.13. The molecule has 0 spiro atoms. The van der Waals surface area contributed by atoms with Crippen LogP contribution in [-0.4, -0.2) is 30.5 Å². The van der Waals surface area contributed by atoms with Crippen LogP contribution < -0.4 is 0 Å². The van der Waals surface area contributed by atoms with E-state index in [4.69, 9.17) is 0 Å². The van der Waals surface area contributed by atoms with Gasteiger partial charge in [-0.05, 0) is 18.4 Å². The van der Waals surface area contributed by atoms with Crippen LogP contribution in [0.2, 0.25) is 0 Å². The van der Waals surface area contributed by atoms with Crippen molar-refractivity contribution >= 4 is 23.4 Å². The third kappa shape index (κ3) is 2.05. The second-order valence-corrected chi connectivity index (χ2v) is 4.41. The van der Waals surface area contributed by atoms with Crippen molar-refractivity contribution in [1.29, 1.82) is 0 Å². The minimum atomic E-state index is -1.06. The Hall–Kier alpha value is -1.78. The molecule has 0 N–H and O–H groups in total. The lowest BCUT2D eigenvalue weighted by Crippen LogP contribution is -2.33. The molecule has 1 aliphatic carbocycles. The van der Waals surface area contributed by atoms with Gasteiger partial charge in [-0.3, -0.25) is 14.4 Å². The fourth-order valence-electron chi connectivity index (χ4n) is 2.13. The van der Waals surface area contributed by atoms with Gasteiger partial charge < -0.3 is 4.74 Å². The second-order valence-electron chi connectivity index (χ2n) is 4.41. The molecular weight excluding hydrogens is 222 g/mol. The number of methoxy groups -OCH3 is 1. The number of ketones is 1. The van der Waals surface area contributed by atoms with Crippen molar-refractivity contribution in [2.24, 2.45) is 16.8 Å². The molecule has 2 unspecified atom stereocenters. The van der Waals surface area contributed by atoms with Crippen LogP contribution in [0.1, 0.15) is 19.8 Å². The summed E-state index contributed by atoms with van der Waals surface area (Å²) in [5.41, 5.74) is 0.928. The smallest absolute Gasteiger partial charge is 0.322 e. The minimum Gasteiger partial charge on any atom is -0.468 e. The van der Waals surface area contributed by atoms with E-state index in [0.29, 0.717) is 24.1 Å². The zero-order valence-corrected chi connectivity index (χ0v) is 9.73. The number of rotatable bonds is 1. The van der Waals surface area contributed by atoms with Gasteiger partial charge in [0.15, 0.2) is 11.7 Å². The van der Waals surface area contributed by atoms with Gasteiger partial charge in [-0.2, -0.15) is 0 Å². The summed E-state index contributed by atoms with van der Waals surface area (Å²) >= 11 is 0. The van der Waals surface area contributed by atoms with Crippen molar-refractivity contribution < 1.29 is 19.1 Å². The highest BCUT2D eigenvalue weighted by atomic mass is 16.5. The Kier molecular flexibility index (Phi) is 2.92. The lowest BCUT2D eigenvalue weighted by Gasteiger charge is -2.25. The molecule has 0 radical (unpaired) electrons. The number of allylic oxidation sites excluding steroid dienone is 1. The number of ether oxygens (including phenoxy) is 1. The summed E-state index contributed by atoms with van der Waals surface area (Å²) in [4.78, 5) is 38.6. The topological polar surface area (TPSA) is 72.8 Å². The Balaban J connectivity index is 2.35. The number of nitrogens with zero attached hydrogens (tertiary/aromatic N) is 1. The number of carbonyl (C=O) groups excluding carboxylic acids is 3. The zero-order valence-electron chi connectivity index (χ0n) is 9.73. The van der Waals surface area contributed by atoms with E-state index >= 15 is 0 Å². The summed E-state index contributed by atoms with van der Waals surface area (Å²) in [5, 5.41) is 0. The number of dihydropyridines is 1. The largest absolute Gasteiger partial charge is 0.468 e. The predicted molar refractivity (Wildman–Crippen MR) is 59.4 cm³/mol. The van der Waals surface area contributed by atoms with Crippen molar-refractivity contribution in [3.05, 3.63) is 11.6 Å². The number of esters is 1. The molecule has 0 saturated heterocycles. The number of amides is 1. The molecular formula is C12H13NO4. The molecule has 1 fully saturated rings. The monoisotopic (exact) mass is 235 g/mol. The first-order valence-corrected chi connectivity index (χ1v) is 5.47. The number of carbonyl (C=O) groups is 3. The normalized spacial score (nSPS) is 28.1. The van der Waals surface area contributed by atoms with Gasteiger partial charge in [0.2, 0.25) is 0 Å². The predicted octanol–water partition coefficient (Wildman–Crippen LogP) is 0.682. The first-order chi connectivity index (χ1) is 8.02. The van der Waals surface area contributed by atoms with Crippen LogP contribution in [-0.2, 0) is 19.1 Å². The lowest BCUT2D eigenvalue weighted by molar-refractivity contribution is -0.147. The number of aliphatic imine (C=N–C) groups is 1. The van der Waals surface area contributed by atoms with Gasteiger partial charge in [0.05, 0.1) is 12.8 Å². The van der Waals surface area contributed by atoms with Gasteiger partial charge in [-0.1, -0.05) is 6.92 Å². The third-order valence-electron chi connectivity index (χ3n) is 2.99. The first-order valence-electron chi connectivity index (χ1n) is 5.47. The molecule has 0 aromatic rings. The Bertz CT molecular complexity index is 461. The average molecular weight is 235 g/mol. The molecule has 1 heterocycles. The molecule has 5 heteroatoms.